The van der Waals surface area contributed by atoms with Gasteiger partial charge >= 0.3 is 0 Å². The highest BCUT2D eigenvalue weighted by atomic mass is 79.9. The van der Waals surface area contributed by atoms with Gasteiger partial charge in [-0.25, -0.2) is 4.39 Å². The minimum Gasteiger partial charge on any atom is -0.386 e. The zero-order chi connectivity index (χ0) is 14.0. The van der Waals surface area contributed by atoms with Crippen molar-refractivity contribution < 1.29 is 9.50 Å². The SMILES string of the molecule is Cc1cnc(C(O)Cc2ccc(F)cc2Br)c(C)c1. The predicted octanol–water partition coefficient (Wildman–Crippen LogP) is 3.88. The number of halogens is 2. The minimum atomic E-state index is -0.692. The van der Waals surface area contributed by atoms with Crippen molar-refractivity contribution in [3.8, 4) is 0 Å². The average Bonchev–Trinajstić information content (AvgIpc) is 2.32. The number of hydrogen-bond donors (Lipinski definition) is 1. The van der Waals surface area contributed by atoms with Crippen LogP contribution in [-0.2, 0) is 6.42 Å². The molecule has 1 aromatic heterocycles. The van der Waals surface area contributed by atoms with Gasteiger partial charge in [-0.3, -0.25) is 4.98 Å². The molecule has 4 heteroatoms. The maximum absolute atomic E-state index is 13.0. The van der Waals surface area contributed by atoms with E-state index in [0.717, 1.165) is 16.7 Å². The van der Waals surface area contributed by atoms with Crippen molar-refractivity contribution in [2.75, 3.05) is 0 Å². The van der Waals surface area contributed by atoms with E-state index < -0.39 is 6.10 Å². The van der Waals surface area contributed by atoms with Crippen LogP contribution in [0.25, 0.3) is 0 Å². The van der Waals surface area contributed by atoms with E-state index in [1.165, 1.54) is 12.1 Å². The zero-order valence-electron chi connectivity index (χ0n) is 10.8. The highest BCUT2D eigenvalue weighted by Gasteiger charge is 2.14. The second-order valence-corrected chi connectivity index (χ2v) is 5.52. The molecule has 1 atom stereocenters. The molecular weight excluding hydrogens is 309 g/mol. The van der Waals surface area contributed by atoms with Crippen LogP contribution in [0.1, 0.15) is 28.5 Å². The molecule has 19 heavy (non-hydrogen) atoms. The Morgan fingerprint density at radius 3 is 2.68 bits per heavy atom. The lowest BCUT2D eigenvalue weighted by Gasteiger charge is -2.14. The Hall–Kier alpha value is -1.26. The molecule has 1 heterocycles. The summed E-state index contributed by atoms with van der Waals surface area (Å²) in [7, 11) is 0. The molecule has 100 valence electrons. The Kier molecular flexibility index (Phi) is 4.32. The molecule has 2 nitrogen and oxygen atoms in total. The summed E-state index contributed by atoms with van der Waals surface area (Å²) in [6, 6.07) is 6.46. The highest BCUT2D eigenvalue weighted by molar-refractivity contribution is 9.10. The third kappa shape index (κ3) is 3.39. The number of aromatic nitrogens is 1. The summed E-state index contributed by atoms with van der Waals surface area (Å²) < 4.78 is 13.7. The number of aliphatic hydroxyl groups is 1. The van der Waals surface area contributed by atoms with Gasteiger partial charge in [0.1, 0.15) is 11.9 Å². The third-order valence-electron chi connectivity index (χ3n) is 3.00. The van der Waals surface area contributed by atoms with Gasteiger partial charge in [-0.15, -0.1) is 0 Å². The van der Waals surface area contributed by atoms with E-state index in [1.807, 2.05) is 19.9 Å². The Morgan fingerprint density at radius 1 is 1.32 bits per heavy atom. The van der Waals surface area contributed by atoms with Gasteiger partial charge < -0.3 is 5.11 Å². The van der Waals surface area contributed by atoms with E-state index in [-0.39, 0.29) is 5.82 Å². The molecule has 1 unspecified atom stereocenters. The number of hydrogen-bond acceptors (Lipinski definition) is 2. The molecule has 2 rings (SSSR count). The number of pyridine rings is 1. The lowest BCUT2D eigenvalue weighted by atomic mass is 10.0. The summed E-state index contributed by atoms with van der Waals surface area (Å²) in [5.74, 6) is -0.297. The maximum Gasteiger partial charge on any atom is 0.124 e. The van der Waals surface area contributed by atoms with E-state index in [2.05, 4.69) is 20.9 Å². The molecule has 0 fully saturated rings. The van der Waals surface area contributed by atoms with Crippen LogP contribution in [0.15, 0.2) is 34.9 Å². The van der Waals surface area contributed by atoms with Gasteiger partial charge in [-0.1, -0.05) is 28.1 Å². The molecular formula is C15H15BrFNO. The third-order valence-corrected chi connectivity index (χ3v) is 3.74. The van der Waals surface area contributed by atoms with Gasteiger partial charge in [0.2, 0.25) is 0 Å². The quantitative estimate of drug-likeness (QED) is 0.929. The molecule has 0 spiro atoms. The molecule has 1 aromatic carbocycles. The first-order chi connectivity index (χ1) is 8.97. The number of nitrogens with zero attached hydrogens (tertiary/aromatic N) is 1. The van der Waals surface area contributed by atoms with Crippen LogP contribution >= 0.6 is 15.9 Å². The largest absolute Gasteiger partial charge is 0.386 e. The van der Waals surface area contributed by atoms with Crippen molar-refractivity contribution in [1.29, 1.82) is 0 Å². The molecule has 0 aliphatic heterocycles. The summed E-state index contributed by atoms with van der Waals surface area (Å²) in [4.78, 5) is 4.28. The summed E-state index contributed by atoms with van der Waals surface area (Å²) in [6.07, 6.45) is 1.45. The van der Waals surface area contributed by atoms with Crippen molar-refractivity contribution in [2.24, 2.45) is 0 Å². The predicted molar refractivity (Wildman–Crippen MR) is 76.5 cm³/mol. The van der Waals surface area contributed by atoms with Crippen LogP contribution < -0.4 is 0 Å². The second kappa shape index (κ2) is 5.80. The standard InChI is InChI=1S/C15H15BrFNO/c1-9-5-10(2)15(18-8-9)14(19)6-11-3-4-12(17)7-13(11)16/h3-5,7-8,14,19H,6H2,1-2H3. The smallest absolute Gasteiger partial charge is 0.124 e. The number of aryl methyl sites for hydroxylation is 2. The first kappa shape index (κ1) is 14.2. The molecule has 0 aliphatic rings. The van der Waals surface area contributed by atoms with Crippen molar-refractivity contribution in [3.63, 3.8) is 0 Å². The summed E-state index contributed by atoms with van der Waals surface area (Å²) >= 11 is 3.31. The summed E-state index contributed by atoms with van der Waals surface area (Å²) in [6.45, 7) is 3.89. The molecule has 0 amide bonds. The van der Waals surface area contributed by atoms with Gasteiger partial charge in [-0.05, 0) is 42.7 Å². The molecule has 1 N–H and O–H groups in total. The van der Waals surface area contributed by atoms with Crippen molar-refractivity contribution in [1.82, 2.24) is 4.98 Å². The van der Waals surface area contributed by atoms with Crippen LogP contribution in [0, 0.1) is 19.7 Å². The fourth-order valence-corrected chi connectivity index (χ4v) is 2.58. The van der Waals surface area contributed by atoms with Crippen LogP contribution in [0.5, 0.6) is 0 Å². The monoisotopic (exact) mass is 323 g/mol. The van der Waals surface area contributed by atoms with Gasteiger partial charge in [0, 0.05) is 17.1 Å². The van der Waals surface area contributed by atoms with Crippen molar-refractivity contribution in [2.45, 2.75) is 26.4 Å². The number of rotatable bonds is 3. The first-order valence-corrected chi connectivity index (χ1v) is 6.82. The van der Waals surface area contributed by atoms with E-state index >= 15 is 0 Å². The lowest BCUT2D eigenvalue weighted by molar-refractivity contribution is 0.172. The lowest BCUT2D eigenvalue weighted by Crippen LogP contribution is -2.07. The Bertz CT molecular complexity index is 601. The highest BCUT2D eigenvalue weighted by Crippen LogP contribution is 2.25. The first-order valence-electron chi connectivity index (χ1n) is 6.02. The fraction of sp³-hybridized carbons (Fsp3) is 0.267. The van der Waals surface area contributed by atoms with Gasteiger partial charge in [-0.2, -0.15) is 0 Å². The van der Waals surface area contributed by atoms with Crippen LogP contribution in [-0.4, -0.2) is 10.1 Å². The van der Waals surface area contributed by atoms with Gasteiger partial charge in [0.05, 0.1) is 5.69 Å². The van der Waals surface area contributed by atoms with Crippen molar-refractivity contribution >= 4 is 15.9 Å². The van der Waals surface area contributed by atoms with Crippen molar-refractivity contribution in [3.05, 3.63) is 63.1 Å². The zero-order valence-corrected chi connectivity index (χ0v) is 12.4. The molecule has 0 bridgehead atoms. The van der Waals surface area contributed by atoms with Crippen LogP contribution in [0.4, 0.5) is 4.39 Å². The molecule has 0 saturated heterocycles. The maximum atomic E-state index is 13.0. The average molecular weight is 324 g/mol. The van der Waals surface area contributed by atoms with E-state index in [9.17, 15) is 9.50 Å². The van der Waals surface area contributed by atoms with Crippen LogP contribution in [0.3, 0.4) is 0 Å². The Labute approximate surface area is 120 Å². The second-order valence-electron chi connectivity index (χ2n) is 4.67. The fourth-order valence-electron chi connectivity index (χ4n) is 2.07. The van der Waals surface area contributed by atoms with Gasteiger partial charge in [0.25, 0.3) is 0 Å². The van der Waals surface area contributed by atoms with Crippen LogP contribution in [0.2, 0.25) is 0 Å². The molecule has 0 saturated carbocycles. The van der Waals surface area contributed by atoms with E-state index in [1.54, 1.807) is 12.3 Å². The molecule has 2 aromatic rings. The van der Waals surface area contributed by atoms with E-state index in [4.69, 9.17) is 0 Å². The summed E-state index contributed by atoms with van der Waals surface area (Å²) in [5, 5.41) is 10.3. The summed E-state index contributed by atoms with van der Waals surface area (Å²) in [5.41, 5.74) is 3.56. The topological polar surface area (TPSA) is 33.1 Å². The minimum absolute atomic E-state index is 0.297. The Morgan fingerprint density at radius 2 is 2.05 bits per heavy atom. The van der Waals surface area contributed by atoms with E-state index in [0.29, 0.717) is 16.6 Å². The number of aliphatic hydroxyl groups excluding tert-OH is 1. The van der Waals surface area contributed by atoms with Gasteiger partial charge in [0.15, 0.2) is 0 Å². The molecule has 0 radical (unpaired) electrons. The Balaban J connectivity index is 2.23. The molecule has 0 aliphatic carbocycles. The normalized spacial score (nSPS) is 12.5. The number of benzene rings is 1.